The maximum atomic E-state index is 13.6. The SMILES string of the molecule is CC[C@H]1OC(=O)C[C@@H](O)[C@H](C)[C@@H](O[C@@H]2O[C@H](C)[C@@H](OCCCCc3ccccc3)[C@H](N(C)C)[C@H]2O)[C@@H](CC=O)C[C@@H](C)C(=O)/C=C/C(C)=C/[C@@H]1N1CCOCC1. The molecule has 2 fully saturated rings. The number of aryl methyl sites for hydroxylation is 1. The van der Waals surface area contributed by atoms with Crippen LogP contribution in [0.5, 0.6) is 0 Å². The number of aliphatic hydroxyl groups excluding tert-OH is 2. The number of morpholine rings is 1. The van der Waals surface area contributed by atoms with E-state index in [9.17, 15) is 24.6 Å². The summed E-state index contributed by atoms with van der Waals surface area (Å²) in [6.07, 6.45) is 3.68. The molecule has 3 aliphatic rings. The van der Waals surface area contributed by atoms with Gasteiger partial charge in [-0.05, 0) is 77.6 Å². The highest BCUT2D eigenvalue weighted by Crippen LogP contribution is 2.35. The number of carbonyl (C=O) groups is 3. The number of carbonyl (C=O) groups excluding carboxylic acids is 3. The Labute approximate surface area is 334 Å². The first kappa shape index (κ1) is 45.9. The van der Waals surface area contributed by atoms with Crippen molar-refractivity contribution in [1.82, 2.24) is 9.80 Å². The van der Waals surface area contributed by atoms with Gasteiger partial charge in [0.1, 0.15) is 24.6 Å². The Morgan fingerprint density at radius 1 is 1.00 bits per heavy atom. The average molecular weight is 785 g/mol. The minimum atomic E-state index is -1.22. The van der Waals surface area contributed by atoms with Crippen LogP contribution in [0, 0.1) is 17.8 Å². The highest BCUT2D eigenvalue weighted by molar-refractivity contribution is 5.91. The van der Waals surface area contributed by atoms with Crippen LogP contribution in [0.25, 0.3) is 0 Å². The smallest absolute Gasteiger partial charge is 0.308 e. The predicted octanol–water partition coefficient (Wildman–Crippen LogP) is 4.54. The molecule has 3 aliphatic heterocycles. The number of unbranched alkanes of at least 4 members (excludes halogenated alkanes) is 1. The normalized spacial score (nSPS) is 36.1. The fourth-order valence-electron chi connectivity index (χ4n) is 8.33. The van der Waals surface area contributed by atoms with E-state index in [1.165, 1.54) is 5.56 Å². The van der Waals surface area contributed by atoms with E-state index in [-0.39, 0.29) is 31.1 Å². The van der Waals surface area contributed by atoms with Gasteiger partial charge in [0.05, 0.1) is 50.0 Å². The molecule has 12 atom stereocenters. The van der Waals surface area contributed by atoms with Crippen LogP contribution in [0.2, 0.25) is 0 Å². The first-order valence-electron chi connectivity index (χ1n) is 20.7. The molecule has 3 heterocycles. The molecule has 1 aromatic carbocycles. The largest absolute Gasteiger partial charge is 0.460 e. The van der Waals surface area contributed by atoms with Crippen molar-refractivity contribution in [3.63, 3.8) is 0 Å². The third kappa shape index (κ3) is 13.1. The number of nitrogens with zero attached hydrogens (tertiary/aromatic N) is 2. The third-order valence-electron chi connectivity index (χ3n) is 11.7. The number of esters is 1. The lowest BCUT2D eigenvalue weighted by molar-refractivity contribution is -0.309. The second kappa shape index (κ2) is 23.0. The van der Waals surface area contributed by atoms with E-state index in [1.54, 1.807) is 19.1 Å². The minimum absolute atomic E-state index is 0.0375. The quantitative estimate of drug-likeness (QED) is 0.165. The third-order valence-corrected chi connectivity index (χ3v) is 11.7. The Balaban J connectivity index is 1.56. The lowest BCUT2D eigenvalue weighted by Gasteiger charge is -2.48. The molecule has 0 bridgehead atoms. The number of benzene rings is 1. The van der Waals surface area contributed by atoms with Crippen LogP contribution in [0.15, 0.2) is 54.1 Å². The Hall–Kier alpha value is -2.81. The van der Waals surface area contributed by atoms with E-state index in [0.29, 0.717) is 39.3 Å². The highest BCUT2D eigenvalue weighted by Gasteiger charge is 2.48. The van der Waals surface area contributed by atoms with Crippen molar-refractivity contribution >= 4 is 18.0 Å². The maximum absolute atomic E-state index is 13.6. The minimum Gasteiger partial charge on any atom is -0.460 e. The Kier molecular flexibility index (Phi) is 18.8. The number of ketones is 1. The van der Waals surface area contributed by atoms with Gasteiger partial charge in [0.15, 0.2) is 12.1 Å². The predicted molar refractivity (Wildman–Crippen MR) is 214 cm³/mol. The summed E-state index contributed by atoms with van der Waals surface area (Å²) in [7, 11) is 3.75. The maximum Gasteiger partial charge on any atom is 0.308 e. The van der Waals surface area contributed by atoms with Crippen molar-refractivity contribution in [2.24, 2.45) is 17.8 Å². The van der Waals surface area contributed by atoms with E-state index >= 15 is 0 Å². The second-order valence-corrected chi connectivity index (χ2v) is 16.2. The van der Waals surface area contributed by atoms with Gasteiger partial charge in [-0.2, -0.15) is 0 Å². The molecule has 0 aromatic heterocycles. The summed E-state index contributed by atoms with van der Waals surface area (Å²) in [4.78, 5) is 43.5. The van der Waals surface area contributed by atoms with Crippen LogP contribution >= 0.6 is 0 Å². The van der Waals surface area contributed by atoms with Crippen LogP contribution in [-0.4, -0.2) is 140 Å². The van der Waals surface area contributed by atoms with Gasteiger partial charge in [0, 0.05) is 38.0 Å². The molecule has 0 radical (unpaired) electrons. The molecule has 0 spiro atoms. The molecule has 12 heteroatoms. The van der Waals surface area contributed by atoms with E-state index in [1.807, 2.05) is 71.0 Å². The Bertz CT molecular complexity index is 1420. The molecule has 2 saturated heterocycles. The number of aliphatic hydroxyl groups is 2. The number of cyclic esters (lactones) is 1. The van der Waals surface area contributed by atoms with Crippen molar-refractivity contribution in [3.8, 4) is 0 Å². The summed E-state index contributed by atoms with van der Waals surface area (Å²) < 4.78 is 31.1. The van der Waals surface area contributed by atoms with Crippen molar-refractivity contribution in [3.05, 3.63) is 59.7 Å². The number of allylic oxidation sites excluding steroid dienone is 3. The van der Waals surface area contributed by atoms with Gasteiger partial charge in [-0.25, -0.2) is 0 Å². The molecule has 12 nitrogen and oxygen atoms in total. The summed E-state index contributed by atoms with van der Waals surface area (Å²) in [6, 6.07) is 9.58. The van der Waals surface area contributed by atoms with Crippen LogP contribution in [0.3, 0.4) is 0 Å². The van der Waals surface area contributed by atoms with Gasteiger partial charge in [0.25, 0.3) is 0 Å². The fourth-order valence-corrected chi connectivity index (χ4v) is 8.33. The van der Waals surface area contributed by atoms with E-state index in [4.69, 9.17) is 23.7 Å². The number of ether oxygens (including phenoxy) is 5. The zero-order chi connectivity index (χ0) is 40.8. The van der Waals surface area contributed by atoms with Crippen molar-refractivity contribution < 1.29 is 48.3 Å². The molecule has 4 rings (SSSR count). The second-order valence-electron chi connectivity index (χ2n) is 16.2. The fraction of sp³-hybridized carbons (Fsp3) is 0.705. The molecule has 0 aliphatic carbocycles. The number of hydrogen-bond donors (Lipinski definition) is 2. The first-order chi connectivity index (χ1) is 26.8. The molecule has 2 N–H and O–H groups in total. The standard InChI is InChI=1S/C44H68N2O10/c1-8-38-35(46-20-24-52-25-21-46)26-29(2)17-18-36(48)30(3)27-34(19-22-47)42(31(4)37(49)28-39(50)55-38)56-44-41(51)40(45(6)7)43(32(5)54-44)53-23-13-12-16-33-14-10-9-11-15-33/h9-11,14-15,17-18,22,26,30-32,34-35,37-38,40-44,49,51H,8,12-13,16,19-21,23-25,27-28H2,1-7H3/b18-17+,29-26+/t30-,31+,32-,34+,35+,37-,38-,40-,41-,42-,43-,44+/m1/s1. The summed E-state index contributed by atoms with van der Waals surface area (Å²) >= 11 is 0. The molecular formula is C44H68N2O10. The van der Waals surface area contributed by atoms with Gasteiger partial charge < -0.3 is 43.6 Å². The highest BCUT2D eigenvalue weighted by atomic mass is 16.7. The molecule has 1 aromatic rings. The van der Waals surface area contributed by atoms with Crippen LogP contribution in [-0.2, 0) is 44.5 Å². The van der Waals surface area contributed by atoms with Crippen LogP contribution in [0.1, 0.15) is 78.7 Å². The van der Waals surface area contributed by atoms with Gasteiger partial charge in [-0.3, -0.25) is 14.5 Å². The van der Waals surface area contributed by atoms with Crippen molar-refractivity contribution in [2.45, 2.75) is 135 Å². The van der Waals surface area contributed by atoms with Gasteiger partial charge in [-0.15, -0.1) is 0 Å². The van der Waals surface area contributed by atoms with Gasteiger partial charge in [0.2, 0.25) is 0 Å². The molecule has 0 unspecified atom stereocenters. The zero-order valence-corrected chi connectivity index (χ0v) is 34.7. The summed E-state index contributed by atoms with van der Waals surface area (Å²) in [5, 5.41) is 23.5. The van der Waals surface area contributed by atoms with Crippen LogP contribution < -0.4 is 0 Å². The monoisotopic (exact) mass is 784 g/mol. The average Bonchev–Trinajstić information content (AvgIpc) is 3.18. The van der Waals surface area contributed by atoms with Crippen molar-refractivity contribution in [1.29, 1.82) is 0 Å². The van der Waals surface area contributed by atoms with E-state index in [0.717, 1.165) is 31.1 Å². The molecule has 56 heavy (non-hydrogen) atoms. The van der Waals surface area contributed by atoms with Crippen LogP contribution in [0.4, 0.5) is 0 Å². The topological polar surface area (TPSA) is 144 Å². The lowest BCUT2D eigenvalue weighted by Crippen LogP contribution is -2.64. The molecular weight excluding hydrogens is 716 g/mol. The number of likely N-dealkylation sites (N-methyl/N-ethyl adjacent to an activating group) is 1. The molecule has 0 saturated carbocycles. The first-order valence-corrected chi connectivity index (χ1v) is 20.7. The van der Waals surface area contributed by atoms with Crippen molar-refractivity contribution in [2.75, 3.05) is 47.0 Å². The van der Waals surface area contributed by atoms with Gasteiger partial charge >= 0.3 is 5.97 Å². The molecule has 0 amide bonds. The Morgan fingerprint density at radius 2 is 1.71 bits per heavy atom. The zero-order valence-electron chi connectivity index (χ0n) is 34.7. The van der Waals surface area contributed by atoms with E-state index in [2.05, 4.69) is 17.0 Å². The lowest BCUT2D eigenvalue weighted by atomic mass is 9.79. The number of aldehydes is 1. The molecule has 314 valence electrons. The number of rotatable bonds is 13. The van der Waals surface area contributed by atoms with E-state index < -0.39 is 72.7 Å². The Morgan fingerprint density at radius 3 is 2.38 bits per heavy atom. The number of hydrogen-bond acceptors (Lipinski definition) is 12. The summed E-state index contributed by atoms with van der Waals surface area (Å²) in [5.41, 5.74) is 2.13. The van der Waals surface area contributed by atoms with Gasteiger partial charge in [-0.1, -0.05) is 68.8 Å². The summed E-state index contributed by atoms with van der Waals surface area (Å²) in [5.74, 6) is -2.38. The summed E-state index contributed by atoms with van der Waals surface area (Å²) in [6.45, 7) is 12.3.